The third-order valence-corrected chi connectivity index (χ3v) is 3.34. The predicted molar refractivity (Wildman–Crippen MR) is 78.8 cm³/mol. The Kier molecular flexibility index (Phi) is 7.09. The summed E-state index contributed by atoms with van der Waals surface area (Å²) in [5, 5.41) is 3.11. The van der Waals surface area contributed by atoms with Crippen LogP contribution in [0.25, 0.3) is 0 Å². The molecule has 1 heterocycles. The van der Waals surface area contributed by atoms with Crippen molar-refractivity contribution in [3.63, 3.8) is 0 Å². The fourth-order valence-electron chi connectivity index (χ4n) is 2.48. The van der Waals surface area contributed by atoms with Crippen LogP contribution in [0.2, 0.25) is 0 Å². The highest BCUT2D eigenvalue weighted by Gasteiger charge is 2.14. The summed E-state index contributed by atoms with van der Waals surface area (Å²) in [7, 11) is 0. The zero-order chi connectivity index (χ0) is 13.4. The van der Waals surface area contributed by atoms with Crippen LogP contribution in [-0.2, 0) is 0 Å². The maximum Gasteiger partial charge on any atom is 0.188 e. The Bertz CT molecular complexity index is 250. The number of nitrogens with zero attached hydrogens (tertiary/aromatic N) is 2. The standard InChI is InChI=1S/C14H30N4/c1-12(2)17-14(15)16-8-4-5-9-18-10-6-7-13(3)11-18/h12-13H,4-11H2,1-3H3,(H3,15,16,17). The van der Waals surface area contributed by atoms with Crippen LogP contribution in [0, 0.1) is 5.92 Å². The molecule has 4 nitrogen and oxygen atoms in total. The number of nitrogens with one attached hydrogen (secondary N) is 1. The summed E-state index contributed by atoms with van der Waals surface area (Å²) in [4.78, 5) is 6.92. The topological polar surface area (TPSA) is 53.6 Å². The quantitative estimate of drug-likeness (QED) is 0.432. The highest BCUT2D eigenvalue weighted by molar-refractivity contribution is 5.77. The minimum atomic E-state index is 0.364. The summed E-state index contributed by atoms with van der Waals surface area (Å²) in [6.07, 6.45) is 5.12. The molecule has 3 N–H and O–H groups in total. The molecule has 0 amide bonds. The minimum Gasteiger partial charge on any atom is -0.370 e. The van der Waals surface area contributed by atoms with Gasteiger partial charge >= 0.3 is 0 Å². The number of nitrogens with two attached hydrogens (primary N) is 1. The Hall–Kier alpha value is -0.770. The van der Waals surface area contributed by atoms with Gasteiger partial charge in [-0.2, -0.15) is 0 Å². The first-order chi connectivity index (χ1) is 8.58. The SMILES string of the molecule is CC1CCCN(CCCCN=C(N)NC(C)C)C1. The van der Waals surface area contributed by atoms with Crippen molar-refractivity contribution >= 4 is 5.96 Å². The lowest BCUT2D eigenvalue weighted by molar-refractivity contribution is 0.181. The van der Waals surface area contributed by atoms with Gasteiger partial charge in [0.05, 0.1) is 0 Å². The second-order valence-electron chi connectivity index (χ2n) is 5.82. The lowest BCUT2D eigenvalue weighted by atomic mass is 10.0. The molecule has 1 saturated heterocycles. The number of guanidine groups is 1. The van der Waals surface area contributed by atoms with Crippen LogP contribution in [0.1, 0.15) is 46.5 Å². The van der Waals surface area contributed by atoms with E-state index >= 15 is 0 Å². The maximum atomic E-state index is 5.75. The molecule has 18 heavy (non-hydrogen) atoms. The van der Waals surface area contributed by atoms with Crippen LogP contribution in [-0.4, -0.2) is 43.1 Å². The summed E-state index contributed by atoms with van der Waals surface area (Å²) in [6.45, 7) is 11.1. The Morgan fingerprint density at radius 3 is 2.89 bits per heavy atom. The van der Waals surface area contributed by atoms with E-state index in [4.69, 9.17) is 5.73 Å². The molecule has 0 aromatic rings. The predicted octanol–water partition coefficient (Wildman–Crippen LogP) is 1.81. The van der Waals surface area contributed by atoms with Crippen molar-refractivity contribution in [1.29, 1.82) is 0 Å². The molecular formula is C14H30N4. The molecule has 0 bridgehead atoms. The van der Waals surface area contributed by atoms with E-state index in [2.05, 4.69) is 36.0 Å². The zero-order valence-electron chi connectivity index (χ0n) is 12.3. The molecule has 1 rings (SSSR count). The molecule has 1 unspecified atom stereocenters. The van der Waals surface area contributed by atoms with Gasteiger partial charge in [-0.25, -0.2) is 0 Å². The molecule has 0 aromatic carbocycles. The van der Waals surface area contributed by atoms with E-state index in [-0.39, 0.29) is 0 Å². The zero-order valence-corrected chi connectivity index (χ0v) is 12.3. The van der Waals surface area contributed by atoms with Gasteiger partial charge in [-0.3, -0.25) is 4.99 Å². The molecular weight excluding hydrogens is 224 g/mol. The van der Waals surface area contributed by atoms with Gasteiger partial charge in [-0.15, -0.1) is 0 Å². The van der Waals surface area contributed by atoms with Crippen LogP contribution in [0.4, 0.5) is 0 Å². The van der Waals surface area contributed by atoms with Crippen LogP contribution in [0.15, 0.2) is 4.99 Å². The first kappa shape index (κ1) is 15.3. The Morgan fingerprint density at radius 1 is 1.44 bits per heavy atom. The van der Waals surface area contributed by atoms with Crippen molar-refractivity contribution in [2.45, 2.75) is 52.5 Å². The molecule has 0 radical (unpaired) electrons. The molecule has 0 aliphatic carbocycles. The van der Waals surface area contributed by atoms with E-state index in [1.165, 1.54) is 38.9 Å². The number of hydrogen-bond donors (Lipinski definition) is 2. The molecule has 1 aliphatic rings. The fraction of sp³-hybridized carbons (Fsp3) is 0.929. The number of rotatable bonds is 6. The van der Waals surface area contributed by atoms with E-state index in [1.807, 2.05) is 0 Å². The van der Waals surface area contributed by atoms with Gasteiger partial charge in [0.2, 0.25) is 0 Å². The first-order valence-corrected chi connectivity index (χ1v) is 7.36. The third kappa shape index (κ3) is 6.84. The van der Waals surface area contributed by atoms with E-state index in [9.17, 15) is 0 Å². The van der Waals surface area contributed by atoms with Crippen LogP contribution < -0.4 is 11.1 Å². The van der Waals surface area contributed by atoms with Crippen molar-refractivity contribution in [3.8, 4) is 0 Å². The number of unbranched alkanes of at least 4 members (excludes halogenated alkanes) is 1. The summed E-state index contributed by atoms with van der Waals surface area (Å²) in [5.74, 6) is 1.46. The molecule has 0 saturated carbocycles. The molecule has 0 spiro atoms. The summed E-state index contributed by atoms with van der Waals surface area (Å²) in [5.41, 5.74) is 5.75. The first-order valence-electron chi connectivity index (χ1n) is 7.36. The van der Waals surface area contributed by atoms with Crippen molar-refractivity contribution in [1.82, 2.24) is 10.2 Å². The van der Waals surface area contributed by atoms with Gasteiger partial charge in [0.1, 0.15) is 0 Å². The van der Waals surface area contributed by atoms with Gasteiger partial charge in [0.25, 0.3) is 0 Å². The third-order valence-electron chi connectivity index (χ3n) is 3.34. The smallest absolute Gasteiger partial charge is 0.188 e. The molecule has 106 valence electrons. The van der Waals surface area contributed by atoms with Crippen molar-refractivity contribution in [3.05, 3.63) is 0 Å². The Labute approximate surface area is 112 Å². The Balaban J connectivity index is 2.04. The van der Waals surface area contributed by atoms with Gasteiger partial charge in [-0.1, -0.05) is 6.92 Å². The normalized spacial score (nSPS) is 22.4. The second kappa shape index (κ2) is 8.35. The largest absolute Gasteiger partial charge is 0.370 e. The van der Waals surface area contributed by atoms with Crippen molar-refractivity contribution < 1.29 is 0 Å². The van der Waals surface area contributed by atoms with Crippen LogP contribution >= 0.6 is 0 Å². The van der Waals surface area contributed by atoms with E-state index in [1.54, 1.807) is 0 Å². The van der Waals surface area contributed by atoms with Gasteiger partial charge in [0, 0.05) is 19.1 Å². The van der Waals surface area contributed by atoms with Gasteiger partial charge in [0.15, 0.2) is 5.96 Å². The van der Waals surface area contributed by atoms with Crippen molar-refractivity contribution in [2.75, 3.05) is 26.2 Å². The number of aliphatic imine (C=N–C) groups is 1. The summed E-state index contributed by atoms with van der Waals surface area (Å²) in [6, 6.07) is 0.364. The maximum absolute atomic E-state index is 5.75. The van der Waals surface area contributed by atoms with E-state index < -0.39 is 0 Å². The average molecular weight is 254 g/mol. The number of hydrogen-bond acceptors (Lipinski definition) is 2. The van der Waals surface area contributed by atoms with Crippen molar-refractivity contribution in [2.24, 2.45) is 16.6 Å². The molecule has 1 aliphatic heterocycles. The van der Waals surface area contributed by atoms with Gasteiger partial charge < -0.3 is 16.0 Å². The van der Waals surface area contributed by atoms with Crippen LogP contribution in [0.5, 0.6) is 0 Å². The second-order valence-corrected chi connectivity index (χ2v) is 5.82. The molecule has 4 heteroatoms. The minimum absolute atomic E-state index is 0.364. The summed E-state index contributed by atoms with van der Waals surface area (Å²) < 4.78 is 0. The number of piperidine rings is 1. The fourth-order valence-corrected chi connectivity index (χ4v) is 2.48. The monoisotopic (exact) mass is 254 g/mol. The van der Waals surface area contributed by atoms with Crippen LogP contribution in [0.3, 0.4) is 0 Å². The summed E-state index contributed by atoms with van der Waals surface area (Å²) >= 11 is 0. The molecule has 0 aromatic heterocycles. The van der Waals surface area contributed by atoms with E-state index in [0.29, 0.717) is 12.0 Å². The average Bonchev–Trinajstić information content (AvgIpc) is 2.27. The molecule has 1 atom stereocenters. The lowest BCUT2D eigenvalue weighted by Gasteiger charge is -2.30. The molecule has 1 fully saturated rings. The number of likely N-dealkylation sites (tertiary alicyclic amines) is 1. The highest BCUT2D eigenvalue weighted by Crippen LogP contribution is 2.15. The highest BCUT2D eigenvalue weighted by atomic mass is 15.1. The lowest BCUT2D eigenvalue weighted by Crippen LogP contribution is -2.37. The van der Waals surface area contributed by atoms with Gasteiger partial charge in [-0.05, 0) is 58.5 Å². The Morgan fingerprint density at radius 2 is 2.22 bits per heavy atom. The van der Waals surface area contributed by atoms with E-state index in [0.717, 1.165) is 18.9 Å².